The third-order valence-corrected chi connectivity index (χ3v) is 7.79. The fourth-order valence-electron chi connectivity index (χ4n) is 5.89. The molecule has 1 aliphatic carbocycles. The summed E-state index contributed by atoms with van der Waals surface area (Å²) in [7, 11) is 3.26. The van der Waals surface area contributed by atoms with Crippen LogP contribution in [0.5, 0.6) is 23.0 Å². The number of hydrogen-bond acceptors (Lipinski definition) is 7. The number of rotatable bonds is 7. The van der Waals surface area contributed by atoms with Crippen LogP contribution < -0.4 is 24.6 Å². The molecule has 0 bridgehead atoms. The molecule has 0 saturated heterocycles. The Bertz CT molecular complexity index is 1630. The molecular weight excluding hydrogens is 496 g/mol. The van der Waals surface area contributed by atoms with Crippen molar-refractivity contribution in [2.75, 3.05) is 20.8 Å². The fraction of sp³-hybridized carbons (Fsp3) is 0.312. The first-order chi connectivity index (χ1) is 19.0. The first-order valence-electron chi connectivity index (χ1n) is 13.2. The molecule has 0 radical (unpaired) electrons. The molecule has 0 unspecified atom stereocenters. The summed E-state index contributed by atoms with van der Waals surface area (Å²) in [6.07, 6.45) is 3.26. The maximum absolute atomic E-state index is 12.9. The average Bonchev–Trinajstić information content (AvgIpc) is 3.43. The van der Waals surface area contributed by atoms with Gasteiger partial charge in [0, 0.05) is 23.5 Å². The Morgan fingerprint density at radius 2 is 1.72 bits per heavy atom. The quantitative estimate of drug-likeness (QED) is 0.174. The Labute approximate surface area is 226 Å². The Hall–Kier alpha value is -4.26. The molecule has 0 spiro atoms. The van der Waals surface area contributed by atoms with Gasteiger partial charge in [-0.1, -0.05) is 18.2 Å². The molecule has 3 aromatic carbocycles. The van der Waals surface area contributed by atoms with Gasteiger partial charge in [0.05, 0.1) is 32.6 Å². The van der Waals surface area contributed by atoms with E-state index in [0.717, 1.165) is 58.2 Å². The minimum absolute atomic E-state index is 0.204. The molecule has 6 rings (SSSR count). The van der Waals surface area contributed by atoms with E-state index in [1.54, 1.807) is 14.2 Å². The number of carbonyl (C=O) groups excluding carboxylic acids is 1. The van der Waals surface area contributed by atoms with E-state index in [2.05, 4.69) is 0 Å². The molecule has 2 aliphatic rings. The molecule has 0 saturated carbocycles. The molecule has 4 aromatic rings. The van der Waals surface area contributed by atoms with Crippen LogP contribution in [0.1, 0.15) is 52.1 Å². The number of ether oxygens (including phenoxy) is 4. The van der Waals surface area contributed by atoms with Crippen molar-refractivity contribution >= 4 is 16.9 Å². The SMILES string of the molecule is COc1ccc(CCOc2cc([C@H]3CC(=O)Oc4c3c(C)cc3oc(=O)c5c(c43)CCC5)ccc2OC)cc1. The molecule has 1 aliphatic heterocycles. The maximum Gasteiger partial charge on any atom is 0.339 e. The smallest absolute Gasteiger partial charge is 0.339 e. The van der Waals surface area contributed by atoms with Gasteiger partial charge < -0.3 is 23.4 Å². The molecule has 2 heterocycles. The molecule has 1 atom stereocenters. The molecule has 39 heavy (non-hydrogen) atoms. The highest BCUT2D eigenvalue weighted by molar-refractivity contribution is 5.95. The summed E-state index contributed by atoms with van der Waals surface area (Å²) in [5.41, 5.74) is 5.75. The van der Waals surface area contributed by atoms with Crippen LogP contribution in [0.2, 0.25) is 0 Å². The van der Waals surface area contributed by atoms with E-state index in [0.29, 0.717) is 41.4 Å². The van der Waals surface area contributed by atoms with Crippen LogP contribution in [0, 0.1) is 6.92 Å². The van der Waals surface area contributed by atoms with E-state index in [-0.39, 0.29) is 23.9 Å². The van der Waals surface area contributed by atoms with Crippen LogP contribution in [-0.4, -0.2) is 26.8 Å². The lowest BCUT2D eigenvalue weighted by Crippen LogP contribution is -2.23. The van der Waals surface area contributed by atoms with E-state index < -0.39 is 0 Å². The topological polar surface area (TPSA) is 84.2 Å². The zero-order valence-corrected chi connectivity index (χ0v) is 22.3. The summed E-state index contributed by atoms with van der Waals surface area (Å²) in [5.74, 6) is 2.04. The Morgan fingerprint density at radius 3 is 2.49 bits per heavy atom. The van der Waals surface area contributed by atoms with Gasteiger partial charge in [0.2, 0.25) is 0 Å². The second kappa shape index (κ2) is 10.1. The van der Waals surface area contributed by atoms with Crippen LogP contribution in [0.3, 0.4) is 0 Å². The number of carbonyl (C=O) groups is 1. The number of benzene rings is 3. The van der Waals surface area contributed by atoms with Crippen LogP contribution >= 0.6 is 0 Å². The monoisotopic (exact) mass is 526 g/mol. The van der Waals surface area contributed by atoms with Crippen molar-refractivity contribution < 1.29 is 28.2 Å². The van der Waals surface area contributed by atoms with Gasteiger partial charge in [-0.2, -0.15) is 0 Å². The molecule has 0 N–H and O–H groups in total. The van der Waals surface area contributed by atoms with Crippen molar-refractivity contribution in [1.29, 1.82) is 0 Å². The number of fused-ring (bicyclic) bond motifs is 5. The lowest BCUT2D eigenvalue weighted by molar-refractivity contribution is -0.135. The average molecular weight is 527 g/mol. The third-order valence-electron chi connectivity index (χ3n) is 7.79. The van der Waals surface area contributed by atoms with Gasteiger partial charge in [0.15, 0.2) is 11.5 Å². The van der Waals surface area contributed by atoms with Crippen molar-refractivity contribution in [2.45, 2.75) is 44.9 Å². The zero-order valence-electron chi connectivity index (χ0n) is 22.3. The summed E-state index contributed by atoms with van der Waals surface area (Å²) in [6, 6.07) is 15.6. The summed E-state index contributed by atoms with van der Waals surface area (Å²) >= 11 is 0. The van der Waals surface area contributed by atoms with Crippen molar-refractivity contribution in [3.05, 3.63) is 92.3 Å². The molecule has 7 nitrogen and oxygen atoms in total. The van der Waals surface area contributed by atoms with Gasteiger partial charge in [-0.25, -0.2) is 4.79 Å². The predicted molar refractivity (Wildman–Crippen MR) is 147 cm³/mol. The Balaban J connectivity index is 1.36. The standard InChI is InChI=1S/C32H30O7/c1-18-15-27-30(22-5-4-6-23(22)32(34)38-27)31-29(18)24(17-28(33)39-31)20-9-12-25(36-3)26(16-20)37-14-13-19-7-10-21(35-2)11-8-19/h7-12,15-16,24H,4-6,13-14,17H2,1-3H3/t24-/m1/s1. The van der Waals surface area contributed by atoms with Crippen LogP contribution in [0.4, 0.5) is 0 Å². The molecule has 1 aromatic heterocycles. The van der Waals surface area contributed by atoms with Crippen LogP contribution in [0.15, 0.2) is 57.7 Å². The highest BCUT2D eigenvalue weighted by atomic mass is 16.5. The first-order valence-corrected chi connectivity index (χ1v) is 13.2. The van der Waals surface area contributed by atoms with Crippen LogP contribution in [-0.2, 0) is 24.1 Å². The van der Waals surface area contributed by atoms with Gasteiger partial charge in [-0.3, -0.25) is 4.79 Å². The molecular formula is C32H30O7. The van der Waals surface area contributed by atoms with Crippen molar-refractivity contribution in [1.82, 2.24) is 0 Å². The highest BCUT2D eigenvalue weighted by Gasteiger charge is 2.34. The van der Waals surface area contributed by atoms with Gasteiger partial charge in [-0.05, 0) is 78.8 Å². The number of hydrogen-bond donors (Lipinski definition) is 0. The van der Waals surface area contributed by atoms with Gasteiger partial charge >= 0.3 is 11.6 Å². The second-order valence-corrected chi connectivity index (χ2v) is 10.1. The van der Waals surface area contributed by atoms with Gasteiger partial charge in [0.1, 0.15) is 17.1 Å². The highest BCUT2D eigenvalue weighted by Crippen LogP contribution is 2.47. The Morgan fingerprint density at radius 1 is 0.923 bits per heavy atom. The number of aryl methyl sites for hydroxylation is 2. The molecule has 0 fully saturated rings. The maximum atomic E-state index is 12.9. The molecule has 7 heteroatoms. The predicted octanol–water partition coefficient (Wildman–Crippen LogP) is 5.67. The lowest BCUT2D eigenvalue weighted by atomic mass is 9.82. The lowest BCUT2D eigenvalue weighted by Gasteiger charge is -2.28. The van der Waals surface area contributed by atoms with Gasteiger partial charge in [-0.15, -0.1) is 0 Å². The largest absolute Gasteiger partial charge is 0.497 e. The molecule has 0 amide bonds. The molecule has 200 valence electrons. The van der Waals surface area contributed by atoms with E-state index in [1.807, 2.05) is 55.5 Å². The van der Waals surface area contributed by atoms with E-state index in [4.69, 9.17) is 23.4 Å². The van der Waals surface area contributed by atoms with Crippen molar-refractivity contribution in [3.63, 3.8) is 0 Å². The van der Waals surface area contributed by atoms with E-state index in [1.165, 1.54) is 0 Å². The first kappa shape index (κ1) is 25.0. The third kappa shape index (κ3) is 4.52. The van der Waals surface area contributed by atoms with Crippen molar-refractivity contribution in [3.8, 4) is 23.0 Å². The number of esters is 1. The zero-order chi connectivity index (χ0) is 27.1. The van der Waals surface area contributed by atoms with Gasteiger partial charge in [0.25, 0.3) is 0 Å². The summed E-state index contributed by atoms with van der Waals surface area (Å²) in [5, 5.41) is 0.755. The second-order valence-electron chi connectivity index (χ2n) is 10.1. The van der Waals surface area contributed by atoms with E-state index in [9.17, 15) is 9.59 Å². The summed E-state index contributed by atoms with van der Waals surface area (Å²) in [4.78, 5) is 25.5. The number of methoxy groups -OCH3 is 2. The fourth-order valence-corrected chi connectivity index (χ4v) is 5.89. The summed E-state index contributed by atoms with van der Waals surface area (Å²) in [6.45, 7) is 2.43. The van der Waals surface area contributed by atoms with Crippen LogP contribution in [0.25, 0.3) is 11.0 Å². The Kier molecular flexibility index (Phi) is 6.51. The normalized spacial score (nSPS) is 16.0. The minimum Gasteiger partial charge on any atom is -0.497 e. The van der Waals surface area contributed by atoms with E-state index >= 15 is 0 Å². The minimum atomic E-state index is -0.310. The summed E-state index contributed by atoms with van der Waals surface area (Å²) < 4.78 is 28.6. The van der Waals surface area contributed by atoms with Crippen molar-refractivity contribution in [2.24, 2.45) is 0 Å².